The fraction of sp³-hybridized carbons (Fsp3) is 0.643. The number of guanidine groups is 1. The lowest BCUT2D eigenvalue weighted by atomic mass is 10.0. The van der Waals surface area contributed by atoms with Gasteiger partial charge in [0.15, 0.2) is 5.96 Å². The van der Waals surface area contributed by atoms with Crippen molar-refractivity contribution in [2.45, 2.75) is 38.8 Å². The number of rotatable bonds is 5. The molecule has 5 heteroatoms. The van der Waals surface area contributed by atoms with Crippen LogP contribution in [0.2, 0.25) is 0 Å². The van der Waals surface area contributed by atoms with Crippen molar-refractivity contribution in [3.8, 4) is 0 Å². The van der Waals surface area contributed by atoms with Crippen LogP contribution in [-0.2, 0) is 11.3 Å². The van der Waals surface area contributed by atoms with E-state index < -0.39 is 0 Å². The molecule has 1 fully saturated rings. The Bertz CT molecular complexity index is 397. The summed E-state index contributed by atoms with van der Waals surface area (Å²) in [7, 11) is 0. The largest absolute Gasteiger partial charge is 0.373 e. The van der Waals surface area contributed by atoms with Crippen molar-refractivity contribution in [3.63, 3.8) is 0 Å². The van der Waals surface area contributed by atoms with Crippen LogP contribution in [0.3, 0.4) is 0 Å². The quantitative estimate of drug-likeness (QED) is 0.643. The van der Waals surface area contributed by atoms with Gasteiger partial charge in [-0.05, 0) is 38.1 Å². The van der Waals surface area contributed by atoms with E-state index in [4.69, 9.17) is 4.74 Å². The standard InChI is InChI=1S/C14H23N3OS/c1-3-15-13(16-10-12-6-4-9-19-12)17-11-14(2)7-5-8-18-14/h4,6,9H,3,5,7-8,10-11H2,1-2H3,(H2,15,16,17). The summed E-state index contributed by atoms with van der Waals surface area (Å²) in [5.41, 5.74) is -0.0425. The highest BCUT2D eigenvalue weighted by atomic mass is 32.1. The minimum atomic E-state index is -0.0425. The topological polar surface area (TPSA) is 45.7 Å². The summed E-state index contributed by atoms with van der Waals surface area (Å²) in [5.74, 6) is 0.868. The van der Waals surface area contributed by atoms with Crippen LogP contribution < -0.4 is 10.6 Å². The average Bonchev–Trinajstić information content (AvgIpc) is 3.05. The van der Waals surface area contributed by atoms with Gasteiger partial charge in [-0.25, -0.2) is 4.99 Å². The van der Waals surface area contributed by atoms with Crippen molar-refractivity contribution >= 4 is 17.3 Å². The summed E-state index contributed by atoms with van der Waals surface area (Å²) in [5, 5.41) is 8.74. The second-order valence-corrected chi connectivity index (χ2v) is 6.06. The molecule has 2 rings (SSSR count). The maximum Gasteiger partial charge on any atom is 0.191 e. The van der Waals surface area contributed by atoms with E-state index in [1.807, 2.05) is 0 Å². The molecule has 0 amide bonds. The SMILES string of the molecule is CCNC(=NCc1cccs1)NCC1(C)CCCO1. The van der Waals surface area contributed by atoms with Gasteiger partial charge in [0.1, 0.15) is 0 Å². The minimum absolute atomic E-state index is 0.0425. The van der Waals surface area contributed by atoms with Gasteiger partial charge in [0.2, 0.25) is 0 Å². The molecule has 0 saturated carbocycles. The number of ether oxygens (including phenoxy) is 1. The number of hydrogen-bond acceptors (Lipinski definition) is 3. The lowest BCUT2D eigenvalue weighted by Crippen LogP contribution is -2.45. The molecule has 1 atom stereocenters. The molecule has 0 aliphatic carbocycles. The minimum Gasteiger partial charge on any atom is -0.373 e. The van der Waals surface area contributed by atoms with E-state index in [9.17, 15) is 0 Å². The van der Waals surface area contributed by atoms with Gasteiger partial charge in [-0.1, -0.05) is 6.07 Å². The van der Waals surface area contributed by atoms with Crippen LogP contribution in [0.15, 0.2) is 22.5 Å². The highest BCUT2D eigenvalue weighted by Gasteiger charge is 2.29. The first-order valence-corrected chi connectivity index (χ1v) is 7.78. The van der Waals surface area contributed by atoms with Gasteiger partial charge in [0.05, 0.1) is 12.1 Å². The Morgan fingerprint density at radius 1 is 1.53 bits per heavy atom. The Morgan fingerprint density at radius 2 is 2.42 bits per heavy atom. The van der Waals surface area contributed by atoms with Crippen molar-refractivity contribution in [3.05, 3.63) is 22.4 Å². The zero-order valence-electron chi connectivity index (χ0n) is 11.7. The molecular formula is C14H23N3OS. The lowest BCUT2D eigenvalue weighted by molar-refractivity contribution is 0.0243. The Labute approximate surface area is 119 Å². The fourth-order valence-corrected chi connectivity index (χ4v) is 2.78. The molecule has 1 unspecified atom stereocenters. The molecule has 19 heavy (non-hydrogen) atoms. The number of aliphatic imine (C=N–C) groups is 1. The Hall–Kier alpha value is -1.07. The third kappa shape index (κ3) is 4.51. The highest BCUT2D eigenvalue weighted by molar-refractivity contribution is 7.09. The summed E-state index contributed by atoms with van der Waals surface area (Å²) in [6.45, 7) is 7.52. The van der Waals surface area contributed by atoms with Gasteiger partial charge < -0.3 is 15.4 Å². The van der Waals surface area contributed by atoms with Crippen LogP contribution in [0.5, 0.6) is 0 Å². The number of nitrogens with zero attached hydrogens (tertiary/aromatic N) is 1. The molecule has 1 aromatic heterocycles. The molecular weight excluding hydrogens is 258 g/mol. The van der Waals surface area contributed by atoms with Crippen LogP contribution in [0.4, 0.5) is 0 Å². The fourth-order valence-electron chi connectivity index (χ4n) is 2.15. The van der Waals surface area contributed by atoms with Crippen molar-refractivity contribution in [2.75, 3.05) is 19.7 Å². The summed E-state index contributed by atoms with van der Waals surface area (Å²) in [4.78, 5) is 5.88. The number of thiophene rings is 1. The highest BCUT2D eigenvalue weighted by Crippen LogP contribution is 2.23. The van der Waals surface area contributed by atoms with E-state index in [-0.39, 0.29) is 5.60 Å². The second kappa shape index (κ2) is 6.91. The van der Waals surface area contributed by atoms with Crippen molar-refractivity contribution in [2.24, 2.45) is 4.99 Å². The zero-order chi connectivity index (χ0) is 13.6. The van der Waals surface area contributed by atoms with Crippen molar-refractivity contribution in [1.29, 1.82) is 0 Å². The molecule has 0 aromatic carbocycles. The average molecular weight is 281 g/mol. The maximum atomic E-state index is 5.78. The third-order valence-electron chi connectivity index (χ3n) is 3.25. The van der Waals surface area contributed by atoms with Gasteiger partial charge in [-0.3, -0.25) is 0 Å². The van der Waals surface area contributed by atoms with Gasteiger partial charge in [0, 0.05) is 24.6 Å². The first kappa shape index (κ1) is 14.3. The van der Waals surface area contributed by atoms with Crippen LogP contribution in [0.1, 0.15) is 31.6 Å². The molecule has 2 N–H and O–H groups in total. The van der Waals surface area contributed by atoms with E-state index in [0.717, 1.165) is 45.0 Å². The van der Waals surface area contributed by atoms with Crippen LogP contribution in [0.25, 0.3) is 0 Å². The summed E-state index contributed by atoms with van der Waals surface area (Å²) >= 11 is 1.74. The van der Waals surface area contributed by atoms with Crippen molar-refractivity contribution < 1.29 is 4.74 Å². The molecule has 1 aliphatic heterocycles. The maximum absolute atomic E-state index is 5.78. The van der Waals surface area contributed by atoms with Crippen molar-refractivity contribution in [1.82, 2.24) is 10.6 Å². The summed E-state index contributed by atoms with van der Waals surface area (Å²) in [6, 6.07) is 4.17. The van der Waals surface area contributed by atoms with Gasteiger partial charge >= 0.3 is 0 Å². The van der Waals surface area contributed by atoms with Crippen LogP contribution in [0, 0.1) is 0 Å². The molecule has 1 aliphatic rings. The van der Waals surface area contributed by atoms with Gasteiger partial charge in [-0.15, -0.1) is 11.3 Å². The normalized spacial score (nSPS) is 23.6. The Morgan fingerprint density at radius 3 is 3.05 bits per heavy atom. The van der Waals surface area contributed by atoms with E-state index in [1.165, 1.54) is 4.88 Å². The van der Waals surface area contributed by atoms with E-state index in [0.29, 0.717) is 0 Å². The smallest absolute Gasteiger partial charge is 0.191 e. The van der Waals surface area contributed by atoms with E-state index >= 15 is 0 Å². The monoisotopic (exact) mass is 281 g/mol. The van der Waals surface area contributed by atoms with Crippen LogP contribution >= 0.6 is 11.3 Å². The molecule has 0 bridgehead atoms. The van der Waals surface area contributed by atoms with Crippen LogP contribution in [-0.4, -0.2) is 31.3 Å². The number of hydrogen-bond donors (Lipinski definition) is 2. The number of nitrogens with one attached hydrogen (secondary N) is 2. The Balaban J connectivity index is 1.86. The summed E-state index contributed by atoms with van der Waals surface area (Å²) < 4.78 is 5.78. The summed E-state index contributed by atoms with van der Waals surface area (Å²) in [6.07, 6.45) is 2.27. The molecule has 1 aromatic rings. The van der Waals surface area contributed by atoms with Gasteiger partial charge in [0.25, 0.3) is 0 Å². The lowest BCUT2D eigenvalue weighted by Gasteiger charge is -2.24. The predicted molar refractivity (Wildman–Crippen MR) is 80.7 cm³/mol. The Kier molecular flexibility index (Phi) is 5.22. The van der Waals surface area contributed by atoms with E-state index in [2.05, 4.69) is 47.0 Å². The molecule has 1 saturated heterocycles. The second-order valence-electron chi connectivity index (χ2n) is 5.03. The molecule has 0 radical (unpaired) electrons. The molecule has 106 valence electrons. The first-order chi connectivity index (χ1) is 9.22. The molecule has 4 nitrogen and oxygen atoms in total. The van der Waals surface area contributed by atoms with E-state index in [1.54, 1.807) is 11.3 Å². The zero-order valence-corrected chi connectivity index (χ0v) is 12.6. The molecule has 2 heterocycles. The third-order valence-corrected chi connectivity index (χ3v) is 4.11. The first-order valence-electron chi connectivity index (χ1n) is 6.90. The van der Waals surface area contributed by atoms with Gasteiger partial charge in [-0.2, -0.15) is 0 Å². The molecule has 0 spiro atoms. The predicted octanol–water partition coefficient (Wildman–Crippen LogP) is 2.37.